The number of imide groups is 1. The van der Waals surface area contributed by atoms with E-state index in [1.807, 2.05) is 13.0 Å². The maximum absolute atomic E-state index is 13.0. The topological polar surface area (TPSA) is 68.2 Å². The van der Waals surface area contributed by atoms with Crippen molar-refractivity contribution in [1.82, 2.24) is 5.01 Å². The maximum atomic E-state index is 13.0. The van der Waals surface area contributed by atoms with E-state index in [9.17, 15) is 9.59 Å². The summed E-state index contributed by atoms with van der Waals surface area (Å²) in [5.41, 5.74) is 0.914. The number of hydrogen-bond donors (Lipinski definition) is 0. The van der Waals surface area contributed by atoms with Gasteiger partial charge in [-0.05, 0) is 70.6 Å². The predicted molar refractivity (Wildman–Crippen MR) is 106 cm³/mol. The van der Waals surface area contributed by atoms with Gasteiger partial charge in [0.15, 0.2) is 11.5 Å². The molecule has 0 unspecified atom stereocenters. The van der Waals surface area contributed by atoms with Gasteiger partial charge in [0.05, 0.1) is 36.2 Å². The summed E-state index contributed by atoms with van der Waals surface area (Å²) in [5, 5.41) is 5.34. The number of hydrogen-bond acceptors (Lipinski definition) is 5. The number of methoxy groups -OCH3 is 1. The van der Waals surface area contributed by atoms with E-state index in [4.69, 9.17) is 9.47 Å². The van der Waals surface area contributed by atoms with Crippen LogP contribution in [0.3, 0.4) is 0 Å². The zero-order chi connectivity index (χ0) is 19.6. The average molecular weight is 445 g/mol. The maximum Gasteiger partial charge on any atom is 0.254 e. The van der Waals surface area contributed by atoms with Crippen molar-refractivity contribution in [3.8, 4) is 11.5 Å². The van der Waals surface area contributed by atoms with Gasteiger partial charge < -0.3 is 9.47 Å². The molecule has 28 heavy (non-hydrogen) atoms. The van der Waals surface area contributed by atoms with Gasteiger partial charge in [0.2, 0.25) is 0 Å². The molecule has 0 radical (unpaired) electrons. The molecule has 3 fully saturated rings. The molecule has 4 atom stereocenters. The Morgan fingerprint density at radius 1 is 1.21 bits per heavy atom. The van der Waals surface area contributed by atoms with Gasteiger partial charge in [-0.25, -0.2) is 0 Å². The molecule has 7 heteroatoms. The first kappa shape index (κ1) is 17.9. The van der Waals surface area contributed by atoms with Crippen LogP contribution < -0.4 is 9.47 Å². The second-order valence-corrected chi connectivity index (χ2v) is 8.78. The number of allylic oxidation sites excluding steroid dienone is 2. The zero-order valence-corrected chi connectivity index (χ0v) is 17.3. The molecule has 2 bridgehead atoms. The van der Waals surface area contributed by atoms with E-state index in [-0.39, 0.29) is 40.9 Å². The monoisotopic (exact) mass is 444 g/mol. The van der Waals surface area contributed by atoms with E-state index in [0.717, 1.165) is 22.3 Å². The minimum Gasteiger partial charge on any atom is -0.492 e. The average Bonchev–Trinajstić information content (AvgIpc) is 3.27. The number of nitrogens with zero attached hydrogens (tertiary/aromatic N) is 2. The highest BCUT2D eigenvalue weighted by Gasteiger charge is 2.73. The van der Waals surface area contributed by atoms with Crippen LogP contribution in [-0.4, -0.2) is 36.8 Å². The van der Waals surface area contributed by atoms with E-state index in [2.05, 4.69) is 33.2 Å². The van der Waals surface area contributed by atoms with Crippen molar-refractivity contribution in [3.63, 3.8) is 0 Å². The Morgan fingerprint density at radius 3 is 2.39 bits per heavy atom. The SMILES string of the molecule is CCOc1cc(/C=N\N2C(=O)[C@@H]3[C@H](C2=O)[C@H]2C=C[C@H]3C23CC3)cc(Br)c1OC. The quantitative estimate of drug-likeness (QED) is 0.396. The molecule has 6 nitrogen and oxygen atoms in total. The van der Waals surface area contributed by atoms with Crippen molar-refractivity contribution >= 4 is 34.0 Å². The molecule has 1 aromatic carbocycles. The highest BCUT2D eigenvalue weighted by atomic mass is 79.9. The number of hydrazone groups is 1. The first-order valence-electron chi connectivity index (χ1n) is 9.62. The lowest BCUT2D eigenvalue weighted by atomic mass is 9.85. The fourth-order valence-electron chi connectivity index (χ4n) is 5.42. The van der Waals surface area contributed by atoms with Gasteiger partial charge in [0.1, 0.15) is 0 Å². The fraction of sp³-hybridized carbons (Fsp3) is 0.476. The number of benzene rings is 1. The molecule has 2 saturated carbocycles. The lowest BCUT2D eigenvalue weighted by Gasteiger charge is -2.18. The molecule has 146 valence electrons. The number of halogens is 1. The Morgan fingerprint density at radius 2 is 1.86 bits per heavy atom. The molecule has 1 saturated heterocycles. The van der Waals surface area contributed by atoms with Gasteiger partial charge in [-0.3, -0.25) is 9.59 Å². The lowest BCUT2D eigenvalue weighted by Crippen LogP contribution is -2.30. The standard InChI is InChI=1S/C21H21BrN2O4/c1-3-28-15-9-11(8-14(22)18(15)27-2)10-23-24-19(25)16-12-4-5-13(17(16)20(24)26)21(12)6-7-21/h4-5,8-10,12-13,16-17H,3,6-7H2,1-2H3/b23-10-/t12-,13-,16-,17+/m1/s1. The lowest BCUT2D eigenvalue weighted by molar-refractivity contribution is -0.141. The van der Waals surface area contributed by atoms with Crippen molar-refractivity contribution in [1.29, 1.82) is 0 Å². The molecule has 1 aliphatic heterocycles. The molecule has 1 heterocycles. The highest BCUT2D eigenvalue weighted by molar-refractivity contribution is 9.10. The van der Waals surface area contributed by atoms with Crippen molar-refractivity contribution in [3.05, 3.63) is 34.3 Å². The number of fused-ring (bicyclic) bond motifs is 3. The minimum absolute atomic E-state index is 0.160. The van der Waals surface area contributed by atoms with Crippen LogP contribution in [0.2, 0.25) is 0 Å². The second-order valence-electron chi connectivity index (χ2n) is 7.92. The molecule has 4 aliphatic rings. The summed E-state index contributed by atoms with van der Waals surface area (Å²) in [5.74, 6) is 0.804. The number of amides is 2. The molecular weight excluding hydrogens is 424 g/mol. The third-order valence-corrected chi connectivity index (χ3v) is 7.28. The summed E-state index contributed by atoms with van der Waals surface area (Å²) in [4.78, 5) is 25.9. The van der Waals surface area contributed by atoms with Crippen LogP contribution >= 0.6 is 15.9 Å². The summed E-state index contributed by atoms with van der Waals surface area (Å²) in [6.07, 6.45) is 8.11. The first-order chi connectivity index (χ1) is 13.5. The predicted octanol–water partition coefficient (Wildman–Crippen LogP) is 3.39. The molecular formula is C21H21BrN2O4. The number of ether oxygens (including phenoxy) is 2. The van der Waals surface area contributed by atoms with Gasteiger partial charge in [-0.2, -0.15) is 10.1 Å². The summed E-state index contributed by atoms with van der Waals surface area (Å²) in [6.45, 7) is 2.39. The summed E-state index contributed by atoms with van der Waals surface area (Å²) >= 11 is 3.47. The summed E-state index contributed by atoms with van der Waals surface area (Å²) < 4.78 is 11.7. The van der Waals surface area contributed by atoms with Gasteiger partial charge in [0, 0.05) is 0 Å². The van der Waals surface area contributed by atoms with Crippen LogP contribution in [0.1, 0.15) is 25.3 Å². The van der Waals surface area contributed by atoms with E-state index >= 15 is 0 Å². The Balaban J connectivity index is 1.41. The molecule has 0 aromatic heterocycles. The normalized spacial score (nSPS) is 31.3. The number of carbonyl (C=O) groups is 2. The molecule has 3 aliphatic carbocycles. The molecule has 1 aromatic rings. The van der Waals surface area contributed by atoms with E-state index < -0.39 is 0 Å². The summed E-state index contributed by atoms with van der Waals surface area (Å²) in [6, 6.07) is 3.61. The van der Waals surface area contributed by atoms with Crippen LogP contribution in [0.4, 0.5) is 0 Å². The Kier molecular flexibility index (Phi) is 3.95. The second kappa shape index (κ2) is 6.17. The number of rotatable bonds is 5. The largest absolute Gasteiger partial charge is 0.492 e. The van der Waals surface area contributed by atoms with E-state index in [1.54, 1.807) is 13.2 Å². The van der Waals surface area contributed by atoms with Crippen molar-refractivity contribution in [2.75, 3.05) is 13.7 Å². The Bertz CT molecular complexity index is 903. The zero-order valence-electron chi connectivity index (χ0n) is 15.7. The van der Waals surface area contributed by atoms with E-state index in [1.165, 1.54) is 6.21 Å². The van der Waals surface area contributed by atoms with Crippen LogP contribution in [0.5, 0.6) is 11.5 Å². The fourth-order valence-corrected chi connectivity index (χ4v) is 6.05. The van der Waals surface area contributed by atoms with Crippen LogP contribution in [-0.2, 0) is 9.59 Å². The number of carbonyl (C=O) groups excluding carboxylic acids is 2. The molecule has 5 rings (SSSR count). The van der Waals surface area contributed by atoms with Crippen LogP contribution in [0, 0.1) is 29.1 Å². The first-order valence-corrected chi connectivity index (χ1v) is 10.4. The summed E-state index contributed by atoms with van der Waals surface area (Å²) in [7, 11) is 1.58. The van der Waals surface area contributed by atoms with Crippen molar-refractivity contribution in [2.24, 2.45) is 34.2 Å². The Hall–Kier alpha value is -2.15. The van der Waals surface area contributed by atoms with E-state index in [0.29, 0.717) is 23.7 Å². The minimum atomic E-state index is -0.233. The third-order valence-electron chi connectivity index (χ3n) is 6.69. The third kappa shape index (κ3) is 2.28. The van der Waals surface area contributed by atoms with Crippen LogP contribution in [0.15, 0.2) is 33.9 Å². The molecule has 2 amide bonds. The highest BCUT2D eigenvalue weighted by Crippen LogP contribution is 2.73. The van der Waals surface area contributed by atoms with Gasteiger partial charge in [0.25, 0.3) is 11.8 Å². The van der Waals surface area contributed by atoms with Gasteiger partial charge in [-0.1, -0.05) is 12.2 Å². The smallest absolute Gasteiger partial charge is 0.254 e. The molecule has 1 spiro atoms. The van der Waals surface area contributed by atoms with Crippen molar-refractivity contribution < 1.29 is 19.1 Å². The van der Waals surface area contributed by atoms with Gasteiger partial charge >= 0.3 is 0 Å². The van der Waals surface area contributed by atoms with Crippen molar-refractivity contribution in [2.45, 2.75) is 19.8 Å². The van der Waals surface area contributed by atoms with Gasteiger partial charge in [-0.15, -0.1) is 0 Å². The molecule has 0 N–H and O–H groups in total. The Labute approximate surface area is 171 Å². The van der Waals surface area contributed by atoms with Crippen LogP contribution in [0.25, 0.3) is 0 Å².